The highest BCUT2D eigenvalue weighted by Crippen LogP contribution is 2.47. The maximum Gasteiger partial charge on any atom is 0.228 e. The summed E-state index contributed by atoms with van der Waals surface area (Å²) in [6.07, 6.45) is 10.2. The Balaban J connectivity index is 1.04. The third-order valence-electron chi connectivity index (χ3n) is 7.82. The summed E-state index contributed by atoms with van der Waals surface area (Å²) in [5.74, 6) is 0.213. The molecule has 2 aliphatic heterocycles. The van der Waals surface area contributed by atoms with Crippen LogP contribution in [0.1, 0.15) is 47.7 Å². The van der Waals surface area contributed by atoms with Gasteiger partial charge in [-0.3, -0.25) is 14.7 Å². The highest BCUT2D eigenvalue weighted by molar-refractivity contribution is 5.78. The van der Waals surface area contributed by atoms with Crippen LogP contribution in [0.15, 0.2) is 48.9 Å². The second-order valence-corrected chi connectivity index (χ2v) is 10.0. The van der Waals surface area contributed by atoms with Gasteiger partial charge in [0.05, 0.1) is 24.5 Å². The van der Waals surface area contributed by atoms with Gasteiger partial charge < -0.3 is 4.90 Å². The van der Waals surface area contributed by atoms with E-state index in [2.05, 4.69) is 38.3 Å². The van der Waals surface area contributed by atoms with Crippen molar-refractivity contribution in [1.82, 2.24) is 29.8 Å². The molecule has 1 spiro atoms. The molecule has 33 heavy (non-hydrogen) atoms. The van der Waals surface area contributed by atoms with Crippen LogP contribution in [0.2, 0.25) is 0 Å². The summed E-state index contributed by atoms with van der Waals surface area (Å²) in [4.78, 5) is 23.6. The number of hydrogen-bond donors (Lipinski definition) is 0. The molecular weight excluding hydrogens is 412 g/mol. The lowest BCUT2D eigenvalue weighted by Crippen LogP contribution is -2.61. The summed E-state index contributed by atoms with van der Waals surface area (Å²) >= 11 is 0. The number of carbonyl (C=O) groups excluding carboxylic acids is 1. The van der Waals surface area contributed by atoms with Gasteiger partial charge in [0.2, 0.25) is 5.91 Å². The fraction of sp³-hybridized carbons (Fsp3) is 0.462. The average molecular weight is 443 g/mol. The van der Waals surface area contributed by atoms with Crippen molar-refractivity contribution in [3.63, 3.8) is 0 Å². The quantitative estimate of drug-likeness (QED) is 0.621. The number of carbonyl (C=O) groups is 1. The molecule has 1 unspecified atom stereocenters. The fourth-order valence-corrected chi connectivity index (χ4v) is 5.89. The number of nitrogens with zero attached hydrogens (tertiary/aromatic N) is 6. The minimum atomic E-state index is 0.213. The minimum absolute atomic E-state index is 0.213. The third kappa shape index (κ3) is 3.84. The Morgan fingerprint density at radius 3 is 2.61 bits per heavy atom. The van der Waals surface area contributed by atoms with Crippen molar-refractivity contribution in [2.45, 2.75) is 45.1 Å². The van der Waals surface area contributed by atoms with Gasteiger partial charge in [0.1, 0.15) is 0 Å². The number of benzene rings is 1. The second-order valence-electron chi connectivity index (χ2n) is 10.0. The number of rotatable bonds is 4. The van der Waals surface area contributed by atoms with Gasteiger partial charge in [0.25, 0.3) is 0 Å². The van der Waals surface area contributed by atoms with Gasteiger partial charge in [-0.25, -0.2) is 0 Å². The van der Waals surface area contributed by atoms with Crippen molar-refractivity contribution in [1.29, 1.82) is 0 Å². The first-order chi connectivity index (χ1) is 16.1. The van der Waals surface area contributed by atoms with E-state index in [1.807, 2.05) is 30.2 Å². The van der Waals surface area contributed by atoms with Crippen LogP contribution >= 0.6 is 0 Å². The van der Waals surface area contributed by atoms with E-state index in [0.29, 0.717) is 17.9 Å². The zero-order valence-electron chi connectivity index (χ0n) is 19.2. The van der Waals surface area contributed by atoms with E-state index >= 15 is 0 Å². The summed E-state index contributed by atoms with van der Waals surface area (Å²) in [6.45, 7) is 6.08. The molecule has 4 heterocycles. The summed E-state index contributed by atoms with van der Waals surface area (Å²) in [5.41, 5.74) is 6.32. The molecule has 2 saturated heterocycles. The number of aryl methyl sites for hydroxylation is 2. The topological polar surface area (TPSA) is 67.2 Å². The van der Waals surface area contributed by atoms with Crippen LogP contribution < -0.4 is 0 Å². The van der Waals surface area contributed by atoms with E-state index in [1.165, 1.54) is 17.5 Å². The van der Waals surface area contributed by atoms with Gasteiger partial charge in [0.15, 0.2) is 0 Å². The lowest BCUT2D eigenvalue weighted by atomic mass is 9.71. The molecule has 1 aliphatic carbocycles. The van der Waals surface area contributed by atoms with Crippen LogP contribution in [-0.2, 0) is 17.6 Å². The largest absolute Gasteiger partial charge is 0.342 e. The summed E-state index contributed by atoms with van der Waals surface area (Å²) < 4.78 is 0. The maximum absolute atomic E-state index is 12.8. The molecule has 1 atom stereocenters. The number of amides is 1. The summed E-state index contributed by atoms with van der Waals surface area (Å²) in [5, 5.41) is 8.52. The first kappa shape index (κ1) is 20.5. The number of hydrogen-bond acceptors (Lipinski definition) is 5. The molecule has 0 bridgehead atoms. The van der Waals surface area contributed by atoms with E-state index in [0.717, 1.165) is 62.4 Å². The van der Waals surface area contributed by atoms with Crippen LogP contribution in [0.4, 0.5) is 0 Å². The molecule has 7 heteroatoms. The predicted octanol–water partition coefficient (Wildman–Crippen LogP) is 3.13. The molecule has 6 rings (SSSR count). The molecule has 3 aromatic rings. The van der Waals surface area contributed by atoms with E-state index in [-0.39, 0.29) is 5.91 Å². The Labute approximate surface area is 194 Å². The number of likely N-dealkylation sites (tertiary alicyclic amines) is 2. The first-order valence-electron chi connectivity index (χ1n) is 12.0. The smallest absolute Gasteiger partial charge is 0.228 e. The molecule has 0 N–H and O–H groups in total. The minimum Gasteiger partial charge on any atom is -0.342 e. The van der Waals surface area contributed by atoms with E-state index in [9.17, 15) is 4.79 Å². The molecule has 0 radical (unpaired) electrons. The van der Waals surface area contributed by atoms with Gasteiger partial charge in [-0.1, -0.05) is 12.1 Å². The van der Waals surface area contributed by atoms with Crippen LogP contribution in [0, 0.1) is 12.3 Å². The van der Waals surface area contributed by atoms with Crippen molar-refractivity contribution in [3.8, 4) is 5.69 Å². The monoisotopic (exact) mass is 442 g/mol. The number of fused-ring (bicyclic) bond motifs is 1. The van der Waals surface area contributed by atoms with E-state index in [4.69, 9.17) is 0 Å². The molecule has 1 aromatic carbocycles. The molecule has 2 aromatic heterocycles. The van der Waals surface area contributed by atoms with E-state index in [1.54, 1.807) is 17.2 Å². The van der Waals surface area contributed by atoms with Crippen molar-refractivity contribution in [2.75, 3.05) is 26.2 Å². The molecule has 7 nitrogen and oxygen atoms in total. The van der Waals surface area contributed by atoms with Crippen LogP contribution in [0.25, 0.3) is 5.69 Å². The zero-order valence-corrected chi connectivity index (χ0v) is 19.2. The van der Waals surface area contributed by atoms with Gasteiger partial charge in [-0.2, -0.15) is 15.0 Å². The zero-order chi connectivity index (χ0) is 22.4. The van der Waals surface area contributed by atoms with Crippen LogP contribution in [0.3, 0.4) is 0 Å². The summed E-state index contributed by atoms with van der Waals surface area (Å²) in [6, 6.07) is 11.2. The number of aromatic nitrogens is 4. The molecule has 170 valence electrons. The lowest BCUT2D eigenvalue weighted by molar-refractivity contribution is -0.136. The standard InChI is InChI=1S/C26H30N6O/c1-19-2-4-21(27-16-19)15-25(33)30-12-8-26(9-13-30)17-31(18-26)24-7-3-20-14-22(5-6-23(20)24)32-28-10-11-29-32/h2,4-6,10-11,14,16,24H,3,7-9,12-13,15,17-18H2,1H3. The Bertz CT molecular complexity index is 1140. The number of piperidine rings is 1. The Morgan fingerprint density at radius 1 is 1.09 bits per heavy atom. The fourth-order valence-electron chi connectivity index (χ4n) is 5.89. The summed E-state index contributed by atoms with van der Waals surface area (Å²) in [7, 11) is 0. The molecule has 0 saturated carbocycles. The van der Waals surface area contributed by atoms with Crippen molar-refractivity contribution in [2.24, 2.45) is 5.41 Å². The molecule has 3 aliphatic rings. The SMILES string of the molecule is Cc1ccc(CC(=O)N2CCC3(CC2)CN(C2CCc4cc(-n5nccn5)ccc42)C3)nc1. The normalized spacial score (nSPS) is 21.7. The van der Waals surface area contributed by atoms with Crippen molar-refractivity contribution in [3.05, 3.63) is 71.3 Å². The maximum atomic E-state index is 12.8. The van der Waals surface area contributed by atoms with Gasteiger partial charge in [-0.05, 0) is 72.9 Å². The van der Waals surface area contributed by atoms with Gasteiger partial charge in [-0.15, -0.1) is 0 Å². The highest BCUT2D eigenvalue weighted by atomic mass is 16.2. The molecule has 2 fully saturated rings. The van der Waals surface area contributed by atoms with Crippen molar-refractivity contribution < 1.29 is 4.79 Å². The number of pyridine rings is 1. The van der Waals surface area contributed by atoms with Crippen LogP contribution in [0.5, 0.6) is 0 Å². The first-order valence-corrected chi connectivity index (χ1v) is 12.0. The van der Waals surface area contributed by atoms with Gasteiger partial charge >= 0.3 is 0 Å². The van der Waals surface area contributed by atoms with Crippen molar-refractivity contribution >= 4 is 5.91 Å². The lowest BCUT2D eigenvalue weighted by Gasteiger charge is -2.56. The highest BCUT2D eigenvalue weighted by Gasteiger charge is 2.48. The Morgan fingerprint density at radius 2 is 1.88 bits per heavy atom. The second kappa shape index (κ2) is 8.06. The Kier molecular flexibility index (Phi) is 5.02. The average Bonchev–Trinajstić information content (AvgIpc) is 3.49. The molecule has 1 amide bonds. The third-order valence-corrected chi connectivity index (χ3v) is 7.82. The van der Waals surface area contributed by atoms with E-state index < -0.39 is 0 Å². The molecular formula is C26H30N6O. The Hall–Kier alpha value is -3.06. The van der Waals surface area contributed by atoms with Gasteiger partial charge in [0, 0.05) is 44.1 Å². The van der Waals surface area contributed by atoms with Crippen LogP contribution in [-0.4, -0.2) is 61.9 Å². The predicted molar refractivity (Wildman–Crippen MR) is 125 cm³/mol.